The molecule has 1 fully saturated rings. The van der Waals surface area contributed by atoms with E-state index in [4.69, 9.17) is 11.6 Å². The SMILES string of the molecule is CCNC1CCN(c2ccc(C(F)(F)F)cc2Cl)C(C)C1. The van der Waals surface area contributed by atoms with Gasteiger partial charge in [-0.2, -0.15) is 13.2 Å². The summed E-state index contributed by atoms with van der Waals surface area (Å²) >= 11 is 6.07. The first-order valence-corrected chi connectivity index (χ1v) is 7.57. The molecule has 1 aliphatic heterocycles. The summed E-state index contributed by atoms with van der Waals surface area (Å²) in [5.41, 5.74) is -0.0152. The maximum absolute atomic E-state index is 12.7. The van der Waals surface area contributed by atoms with E-state index in [2.05, 4.69) is 24.1 Å². The van der Waals surface area contributed by atoms with Crippen molar-refractivity contribution >= 4 is 17.3 Å². The second-order valence-corrected chi connectivity index (χ2v) is 5.89. The summed E-state index contributed by atoms with van der Waals surface area (Å²) in [5, 5.41) is 3.59. The molecule has 2 rings (SSSR count). The van der Waals surface area contributed by atoms with Crippen LogP contribution in [-0.2, 0) is 6.18 Å². The van der Waals surface area contributed by atoms with Crippen molar-refractivity contribution in [2.45, 2.75) is 44.9 Å². The first kappa shape index (κ1) is 16.4. The van der Waals surface area contributed by atoms with Gasteiger partial charge in [-0.15, -0.1) is 0 Å². The van der Waals surface area contributed by atoms with Gasteiger partial charge in [-0.3, -0.25) is 0 Å². The van der Waals surface area contributed by atoms with Crippen molar-refractivity contribution in [2.75, 3.05) is 18.0 Å². The molecule has 0 aromatic heterocycles. The lowest BCUT2D eigenvalue weighted by Crippen LogP contribution is -2.47. The average Bonchev–Trinajstić information content (AvgIpc) is 2.39. The van der Waals surface area contributed by atoms with Crippen molar-refractivity contribution in [1.29, 1.82) is 0 Å². The summed E-state index contributed by atoms with van der Waals surface area (Å²) in [6, 6.07) is 4.31. The summed E-state index contributed by atoms with van der Waals surface area (Å²) in [7, 11) is 0. The van der Waals surface area contributed by atoms with Gasteiger partial charge in [-0.25, -0.2) is 0 Å². The number of anilines is 1. The normalized spacial score (nSPS) is 23.4. The van der Waals surface area contributed by atoms with Gasteiger partial charge in [0.2, 0.25) is 0 Å². The highest BCUT2D eigenvalue weighted by molar-refractivity contribution is 6.33. The molecule has 0 spiro atoms. The van der Waals surface area contributed by atoms with Crippen LogP contribution in [0.15, 0.2) is 18.2 Å². The molecule has 1 aromatic carbocycles. The molecule has 0 amide bonds. The maximum Gasteiger partial charge on any atom is 0.416 e. The van der Waals surface area contributed by atoms with Crippen molar-refractivity contribution < 1.29 is 13.2 Å². The van der Waals surface area contributed by atoms with Gasteiger partial charge in [0, 0.05) is 18.6 Å². The fourth-order valence-corrected chi connectivity index (χ4v) is 3.21. The lowest BCUT2D eigenvalue weighted by Gasteiger charge is -2.40. The zero-order chi connectivity index (χ0) is 15.6. The minimum absolute atomic E-state index is 0.165. The van der Waals surface area contributed by atoms with Crippen LogP contribution < -0.4 is 10.2 Å². The van der Waals surface area contributed by atoms with Crippen molar-refractivity contribution in [3.63, 3.8) is 0 Å². The van der Waals surface area contributed by atoms with Crippen LogP contribution in [0.1, 0.15) is 32.3 Å². The van der Waals surface area contributed by atoms with Crippen molar-refractivity contribution in [3.05, 3.63) is 28.8 Å². The van der Waals surface area contributed by atoms with Gasteiger partial charge in [-0.1, -0.05) is 18.5 Å². The second kappa shape index (κ2) is 6.44. The molecule has 6 heteroatoms. The van der Waals surface area contributed by atoms with Gasteiger partial charge >= 0.3 is 6.18 Å². The third kappa shape index (κ3) is 3.83. The monoisotopic (exact) mass is 320 g/mol. The third-order valence-corrected chi connectivity index (χ3v) is 4.26. The van der Waals surface area contributed by atoms with E-state index in [0.717, 1.165) is 38.1 Å². The van der Waals surface area contributed by atoms with E-state index >= 15 is 0 Å². The van der Waals surface area contributed by atoms with Crippen LogP contribution >= 0.6 is 11.6 Å². The Labute approximate surface area is 128 Å². The highest BCUT2D eigenvalue weighted by atomic mass is 35.5. The third-order valence-electron chi connectivity index (χ3n) is 3.95. The van der Waals surface area contributed by atoms with Gasteiger partial charge in [0.05, 0.1) is 16.3 Å². The second-order valence-electron chi connectivity index (χ2n) is 5.49. The summed E-state index contributed by atoms with van der Waals surface area (Å²) in [5.74, 6) is 0. The Balaban J connectivity index is 2.16. The van der Waals surface area contributed by atoms with Crippen LogP contribution in [0.25, 0.3) is 0 Å². The number of benzene rings is 1. The Morgan fingerprint density at radius 1 is 1.38 bits per heavy atom. The molecule has 1 aromatic rings. The van der Waals surface area contributed by atoms with E-state index in [0.29, 0.717) is 11.7 Å². The Hall–Kier alpha value is -0.940. The molecular formula is C15H20ClF3N2. The van der Waals surface area contributed by atoms with Gasteiger partial charge < -0.3 is 10.2 Å². The van der Waals surface area contributed by atoms with Gasteiger partial charge in [-0.05, 0) is 44.5 Å². The molecule has 0 saturated carbocycles. The molecule has 118 valence electrons. The van der Waals surface area contributed by atoms with E-state index in [1.807, 2.05) is 0 Å². The smallest absolute Gasteiger partial charge is 0.368 e. The number of hydrogen-bond donors (Lipinski definition) is 1. The fourth-order valence-electron chi connectivity index (χ4n) is 2.92. The number of nitrogens with zero attached hydrogens (tertiary/aromatic N) is 1. The molecule has 2 unspecified atom stereocenters. The number of piperidine rings is 1. The van der Waals surface area contributed by atoms with Gasteiger partial charge in [0.15, 0.2) is 0 Å². The van der Waals surface area contributed by atoms with E-state index in [1.54, 1.807) is 0 Å². The number of halogens is 4. The number of nitrogens with one attached hydrogen (secondary N) is 1. The van der Waals surface area contributed by atoms with E-state index in [9.17, 15) is 13.2 Å². The number of rotatable bonds is 3. The van der Waals surface area contributed by atoms with Crippen molar-refractivity contribution in [3.8, 4) is 0 Å². The van der Waals surface area contributed by atoms with Crippen LogP contribution in [0, 0.1) is 0 Å². The Kier molecular flexibility index (Phi) is 5.04. The minimum atomic E-state index is -4.36. The molecule has 0 bridgehead atoms. The molecule has 0 radical (unpaired) electrons. The summed E-state index contributed by atoms with van der Waals surface area (Å²) in [6.45, 7) is 5.88. The lowest BCUT2D eigenvalue weighted by molar-refractivity contribution is -0.137. The Morgan fingerprint density at radius 3 is 2.62 bits per heavy atom. The predicted molar refractivity (Wildman–Crippen MR) is 80.0 cm³/mol. The molecule has 1 heterocycles. The standard InChI is InChI=1S/C15H20ClF3N2/c1-3-20-12-6-7-21(10(2)8-12)14-5-4-11(9-13(14)16)15(17,18)19/h4-5,9-10,12,20H,3,6-8H2,1-2H3. The first-order chi connectivity index (χ1) is 9.82. The number of hydrogen-bond acceptors (Lipinski definition) is 2. The maximum atomic E-state index is 12.7. The van der Waals surface area contributed by atoms with Crippen LogP contribution in [-0.4, -0.2) is 25.2 Å². The molecule has 21 heavy (non-hydrogen) atoms. The summed E-state index contributed by atoms with van der Waals surface area (Å²) in [4.78, 5) is 2.09. The first-order valence-electron chi connectivity index (χ1n) is 7.19. The van der Waals surface area contributed by atoms with Crippen LogP contribution in [0.2, 0.25) is 5.02 Å². The fraction of sp³-hybridized carbons (Fsp3) is 0.600. The van der Waals surface area contributed by atoms with Crippen molar-refractivity contribution in [1.82, 2.24) is 5.32 Å². The quantitative estimate of drug-likeness (QED) is 0.892. The van der Waals surface area contributed by atoms with Crippen LogP contribution in [0.3, 0.4) is 0 Å². The van der Waals surface area contributed by atoms with E-state index in [-0.39, 0.29) is 11.1 Å². The topological polar surface area (TPSA) is 15.3 Å². The van der Waals surface area contributed by atoms with Crippen LogP contribution in [0.4, 0.5) is 18.9 Å². The highest BCUT2D eigenvalue weighted by Gasteiger charge is 2.32. The van der Waals surface area contributed by atoms with Gasteiger partial charge in [0.25, 0.3) is 0 Å². The van der Waals surface area contributed by atoms with Crippen molar-refractivity contribution in [2.24, 2.45) is 0 Å². The van der Waals surface area contributed by atoms with Gasteiger partial charge in [0.1, 0.15) is 0 Å². The van der Waals surface area contributed by atoms with E-state index in [1.165, 1.54) is 6.07 Å². The molecule has 2 nitrogen and oxygen atoms in total. The number of alkyl halides is 3. The summed E-state index contributed by atoms with van der Waals surface area (Å²) in [6.07, 6.45) is -2.42. The molecule has 2 atom stereocenters. The van der Waals surface area contributed by atoms with Crippen LogP contribution in [0.5, 0.6) is 0 Å². The van der Waals surface area contributed by atoms with E-state index < -0.39 is 11.7 Å². The molecular weight excluding hydrogens is 301 g/mol. The average molecular weight is 321 g/mol. The Morgan fingerprint density at radius 2 is 2.10 bits per heavy atom. The molecule has 0 aliphatic carbocycles. The Bertz CT molecular complexity index is 490. The predicted octanol–water partition coefficient (Wildman–Crippen LogP) is 4.33. The zero-order valence-electron chi connectivity index (χ0n) is 12.2. The molecule has 1 aliphatic rings. The highest BCUT2D eigenvalue weighted by Crippen LogP contribution is 2.37. The summed E-state index contributed by atoms with van der Waals surface area (Å²) < 4.78 is 38.0. The lowest BCUT2D eigenvalue weighted by atomic mass is 9.97. The zero-order valence-corrected chi connectivity index (χ0v) is 12.9. The molecule has 1 saturated heterocycles. The molecule has 1 N–H and O–H groups in total. The minimum Gasteiger partial charge on any atom is -0.368 e. The largest absolute Gasteiger partial charge is 0.416 e.